The van der Waals surface area contributed by atoms with E-state index in [9.17, 15) is 24.3 Å². The number of Topliss-reactive ketones (excluding diaryl/α,β-unsaturated/α-hetero) is 1. The summed E-state index contributed by atoms with van der Waals surface area (Å²) in [6, 6.07) is 0. The lowest BCUT2D eigenvalue weighted by atomic mass is 9.46. The molecule has 8 heteroatoms. The summed E-state index contributed by atoms with van der Waals surface area (Å²) in [5, 5.41) is 10.8. The molecule has 0 aromatic rings. The highest BCUT2D eigenvalue weighted by molar-refractivity contribution is 6.00. The van der Waals surface area contributed by atoms with Gasteiger partial charge in [-0.1, -0.05) is 20.8 Å². The van der Waals surface area contributed by atoms with Crippen LogP contribution < -0.4 is 0 Å². The molecule has 0 aliphatic heterocycles. The Bertz CT molecular complexity index is 912. The second kappa shape index (κ2) is 10.4. The summed E-state index contributed by atoms with van der Waals surface area (Å²) in [6.07, 6.45) is 1.86. The standard InChI is InChI=1S/C26H38O8/c1-14(10-12-32-16(3)27)20(33-17(4)28)13-19-15(2)23(34-18(5)29)22(31)24-25(6,7)21(30)9-11-26(19,24)8/h10,19-21,24,30H,9,11-13H2,1-8H3. The van der Waals surface area contributed by atoms with Crippen LogP contribution in [0.1, 0.15) is 74.7 Å². The Morgan fingerprint density at radius 2 is 1.71 bits per heavy atom. The third kappa shape index (κ3) is 5.59. The highest BCUT2D eigenvalue weighted by Gasteiger charge is 2.61. The molecule has 190 valence electrons. The number of esters is 3. The van der Waals surface area contributed by atoms with E-state index in [4.69, 9.17) is 14.2 Å². The lowest BCUT2D eigenvalue weighted by molar-refractivity contribution is -0.163. The fourth-order valence-electron chi connectivity index (χ4n) is 5.88. The van der Waals surface area contributed by atoms with Crippen molar-refractivity contribution in [2.24, 2.45) is 22.7 Å². The van der Waals surface area contributed by atoms with E-state index in [0.29, 0.717) is 30.4 Å². The lowest BCUT2D eigenvalue weighted by Gasteiger charge is -2.58. The van der Waals surface area contributed by atoms with Crippen LogP contribution in [0.3, 0.4) is 0 Å². The number of aliphatic hydroxyl groups excluding tert-OH is 1. The van der Waals surface area contributed by atoms with Gasteiger partial charge in [0.1, 0.15) is 12.7 Å². The molecule has 0 bridgehead atoms. The number of ketones is 1. The average Bonchev–Trinajstić information content (AvgIpc) is 2.69. The van der Waals surface area contributed by atoms with E-state index in [0.717, 1.165) is 0 Å². The molecule has 0 saturated heterocycles. The maximum Gasteiger partial charge on any atom is 0.308 e. The highest BCUT2D eigenvalue weighted by atomic mass is 16.5. The fraction of sp³-hybridized carbons (Fsp3) is 0.692. The number of carbonyl (C=O) groups excluding carboxylic acids is 4. The molecule has 8 nitrogen and oxygen atoms in total. The van der Waals surface area contributed by atoms with Crippen molar-refractivity contribution in [3.05, 3.63) is 23.0 Å². The summed E-state index contributed by atoms with van der Waals surface area (Å²) in [7, 11) is 0. The lowest BCUT2D eigenvalue weighted by Crippen LogP contribution is -2.59. The van der Waals surface area contributed by atoms with Crippen LogP contribution in [0.25, 0.3) is 0 Å². The molecule has 5 atom stereocenters. The minimum Gasteiger partial charge on any atom is -0.462 e. The smallest absolute Gasteiger partial charge is 0.308 e. The van der Waals surface area contributed by atoms with Gasteiger partial charge in [-0.3, -0.25) is 19.2 Å². The number of fused-ring (bicyclic) bond motifs is 1. The number of rotatable bonds is 7. The van der Waals surface area contributed by atoms with E-state index in [1.54, 1.807) is 19.9 Å². The Morgan fingerprint density at radius 3 is 2.24 bits per heavy atom. The molecular formula is C26H38O8. The maximum absolute atomic E-state index is 13.6. The number of hydrogen-bond donors (Lipinski definition) is 1. The van der Waals surface area contributed by atoms with Gasteiger partial charge < -0.3 is 19.3 Å². The molecule has 2 aliphatic rings. The molecule has 0 aromatic carbocycles. The highest BCUT2D eigenvalue weighted by Crippen LogP contribution is 2.61. The predicted octanol–water partition coefficient (Wildman–Crippen LogP) is 3.66. The summed E-state index contributed by atoms with van der Waals surface area (Å²) >= 11 is 0. The number of allylic oxidation sites excluding steroid dienone is 2. The quantitative estimate of drug-likeness (QED) is 0.335. The molecule has 0 amide bonds. The molecule has 1 fully saturated rings. The van der Waals surface area contributed by atoms with Crippen molar-refractivity contribution in [2.45, 2.75) is 86.9 Å². The Kier molecular flexibility index (Phi) is 8.51. The van der Waals surface area contributed by atoms with Crippen LogP contribution in [0.2, 0.25) is 0 Å². The Hall–Kier alpha value is -2.48. The van der Waals surface area contributed by atoms with E-state index in [-0.39, 0.29) is 24.1 Å². The molecule has 2 aliphatic carbocycles. The molecule has 5 unspecified atom stereocenters. The Labute approximate surface area is 201 Å². The first-order valence-corrected chi connectivity index (χ1v) is 11.7. The van der Waals surface area contributed by atoms with E-state index in [1.165, 1.54) is 20.8 Å². The average molecular weight is 479 g/mol. The number of ether oxygens (including phenoxy) is 3. The van der Waals surface area contributed by atoms with Gasteiger partial charge in [-0.05, 0) is 61.7 Å². The molecule has 1 N–H and O–H groups in total. The van der Waals surface area contributed by atoms with Gasteiger partial charge in [0, 0.05) is 32.1 Å². The predicted molar refractivity (Wildman–Crippen MR) is 124 cm³/mol. The number of carbonyl (C=O) groups is 4. The van der Waals surface area contributed by atoms with Gasteiger partial charge in [0.15, 0.2) is 5.76 Å². The molecule has 0 aromatic heterocycles. The third-order valence-electron chi connectivity index (χ3n) is 7.59. The Balaban J connectivity index is 2.58. The first kappa shape index (κ1) is 27.8. The van der Waals surface area contributed by atoms with Crippen molar-refractivity contribution >= 4 is 23.7 Å². The van der Waals surface area contributed by atoms with Crippen LogP contribution in [-0.4, -0.2) is 47.6 Å². The molecule has 0 spiro atoms. The van der Waals surface area contributed by atoms with Crippen molar-refractivity contribution in [1.82, 2.24) is 0 Å². The zero-order valence-electron chi connectivity index (χ0n) is 21.5. The second-order valence-electron chi connectivity index (χ2n) is 10.4. The monoisotopic (exact) mass is 478 g/mol. The minimum absolute atomic E-state index is 0.0188. The summed E-state index contributed by atoms with van der Waals surface area (Å²) in [6.45, 7) is 13.3. The first-order chi connectivity index (χ1) is 15.6. The van der Waals surface area contributed by atoms with Gasteiger partial charge in [0.2, 0.25) is 5.78 Å². The van der Waals surface area contributed by atoms with Crippen molar-refractivity contribution < 1.29 is 38.5 Å². The van der Waals surface area contributed by atoms with Gasteiger partial charge in [0.05, 0.1) is 6.10 Å². The molecule has 34 heavy (non-hydrogen) atoms. The van der Waals surface area contributed by atoms with Gasteiger partial charge in [-0.25, -0.2) is 0 Å². The number of aliphatic hydroxyl groups is 1. The second-order valence-corrected chi connectivity index (χ2v) is 10.4. The van der Waals surface area contributed by atoms with Gasteiger partial charge in [0.25, 0.3) is 0 Å². The van der Waals surface area contributed by atoms with E-state index in [2.05, 4.69) is 0 Å². The van der Waals surface area contributed by atoms with Crippen molar-refractivity contribution in [1.29, 1.82) is 0 Å². The largest absolute Gasteiger partial charge is 0.462 e. The van der Waals surface area contributed by atoms with Crippen LogP contribution in [0.15, 0.2) is 23.0 Å². The van der Waals surface area contributed by atoms with Gasteiger partial charge in [-0.2, -0.15) is 0 Å². The van der Waals surface area contributed by atoms with Crippen LogP contribution in [0.4, 0.5) is 0 Å². The normalized spacial score (nSPS) is 29.7. The van der Waals surface area contributed by atoms with Crippen molar-refractivity contribution in [3.8, 4) is 0 Å². The summed E-state index contributed by atoms with van der Waals surface area (Å²) in [4.78, 5) is 48.5. The maximum atomic E-state index is 13.6. The summed E-state index contributed by atoms with van der Waals surface area (Å²) in [5.41, 5.74) is 0.0507. The number of hydrogen-bond acceptors (Lipinski definition) is 8. The summed E-state index contributed by atoms with van der Waals surface area (Å²) in [5.74, 6) is -2.57. The Morgan fingerprint density at radius 1 is 1.09 bits per heavy atom. The molecule has 2 rings (SSSR count). The SMILES string of the molecule is CC(=O)OCC=C(C)C(CC1C(C)=C(OC(C)=O)C(=O)C2C(C)(C)C(O)CCC12C)OC(C)=O. The first-order valence-electron chi connectivity index (χ1n) is 11.7. The molecule has 0 heterocycles. The van der Waals surface area contributed by atoms with Crippen LogP contribution in [0.5, 0.6) is 0 Å². The van der Waals surface area contributed by atoms with Crippen LogP contribution in [0, 0.1) is 22.7 Å². The summed E-state index contributed by atoms with van der Waals surface area (Å²) < 4.78 is 16.1. The van der Waals surface area contributed by atoms with Crippen LogP contribution in [-0.2, 0) is 33.4 Å². The van der Waals surface area contributed by atoms with E-state index in [1.807, 2.05) is 20.8 Å². The fourth-order valence-corrected chi connectivity index (χ4v) is 5.88. The molecule has 0 radical (unpaired) electrons. The van der Waals surface area contributed by atoms with Gasteiger partial charge in [-0.15, -0.1) is 0 Å². The van der Waals surface area contributed by atoms with Gasteiger partial charge >= 0.3 is 17.9 Å². The minimum atomic E-state index is -0.744. The molecular weight excluding hydrogens is 440 g/mol. The zero-order chi connectivity index (χ0) is 26.0. The topological polar surface area (TPSA) is 116 Å². The van der Waals surface area contributed by atoms with E-state index >= 15 is 0 Å². The zero-order valence-corrected chi connectivity index (χ0v) is 21.5. The van der Waals surface area contributed by atoms with Crippen molar-refractivity contribution in [2.75, 3.05) is 6.61 Å². The van der Waals surface area contributed by atoms with Crippen LogP contribution >= 0.6 is 0 Å². The third-order valence-corrected chi connectivity index (χ3v) is 7.59. The van der Waals surface area contributed by atoms with Crippen molar-refractivity contribution in [3.63, 3.8) is 0 Å². The van der Waals surface area contributed by atoms with E-state index < -0.39 is 46.9 Å². The molecule has 1 saturated carbocycles.